The lowest BCUT2D eigenvalue weighted by molar-refractivity contribution is 0.0954. The third-order valence-electron chi connectivity index (χ3n) is 2.50. The van der Waals surface area contributed by atoms with Gasteiger partial charge < -0.3 is 11.1 Å². The second-order valence-electron chi connectivity index (χ2n) is 3.93. The number of carbonyl (C=O) groups is 1. The highest BCUT2D eigenvalue weighted by molar-refractivity contribution is 6.32. The first-order chi connectivity index (χ1) is 9.16. The van der Waals surface area contributed by atoms with Gasteiger partial charge >= 0.3 is 0 Å². The molecule has 98 valence electrons. The number of anilines is 1. The Hall–Kier alpha value is -2.14. The van der Waals surface area contributed by atoms with Crippen LogP contribution in [-0.2, 0) is 6.42 Å². The largest absolute Gasteiger partial charge is 0.397 e. The van der Waals surface area contributed by atoms with Crippen LogP contribution < -0.4 is 11.1 Å². The van der Waals surface area contributed by atoms with Crippen LogP contribution in [0, 0.1) is 0 Å². The fourth-order valence-electron chi connectivity index (χ4n) is 1.57. The molecule has 19 heavy (non-hydrogen) atoms. The maximum absolute atomic E-state index is 11.9. The SMILES string of the molecule is Nc1cnc(Cl)c(C(=O)NCCc2ccccn2)c1. The fourth-order valence-corrected chi connectivity index (χ4v) is 1.76. The van der Waals surface area contributed by atoms with E-state index in [4.69, 9.17) is 17.3 Å². The van der Waals surface area contributed by atoms with Gasteiger partial charge in [-0.1, -0.05) is 17.7 Å². The van der Waals surface area contributed by atoms with E-state index in [9.17, 15) is 4.79 Å². The number of amides is 1. The number of nitrogens with zero attached hydrogens (tertiary/aromatic N) is 2. The van der Waals surface area contributed by atoms with E-state index in [-0.39, 0.29) is 16.6 Å². The fraction of sp³-hybridized carbons (Fsp3) is 0.154. The van der Waals surface area contributed by atoms with Gasteiger partial charge in [0.2, 0.25) is 0 Å². The van der Waals surface area contributed by atoms with Gasteiger partial charge in [0.25, 0.3) is 5.91 Å². The van der Waals surface area contributed by atoms with E-state index >= 15 is 0 Å². The van der Waals surface area contributed by atoms with Gasteiger partial charge in [-0.15, -0.1) is 0 Å². The lowest BCUT2D eigenvalue weighted by Gasteiger charge is -2.06. The Balaban J connectivity index is 1.93. The molecule has 0 unspecified atom stereocenters. The smallest absolute Gasteiger partial charge is 0.254 e. The number of hydrogen-bond donors (Lipinski definition) is 2. The molecule has 0 aliphatic carbocycles. The van der Waals surface area contributed by atoms with E-state index in [0.29, 0.717) is 18.7 Å². The highest BCUT2D eigenvalue weighted by atomic mass is 35.5. The van der Waals surface area contributed by atoms with Crippen LogP contribution in [0.15, 0.2) is 36.7 Å². The molecule has 2 heterocycles. The van der Waals surface area contributed by atoms with Crippen molar-refractivity contribution in [2.45, 2.75) is 6.42 Å². The van der Waals surface area contributed by atoms with Crippen molar-refractivity contribution in [2.24, 2.45) is 0 Å². The average Bonchev–Trinajstić information content (AvgIpc) is 2.42. The molecule has 0 aromatic carbocycles. The van der Waals surface area contributed by atoms with Gasteiger partial charge in [0, 0.05) is 24.9 Å². The first-order valence-corrected chi connectivity index (χ1v) is 6.14. The van der Waals surface area contributed by atoms with Gasteiger partial charge in [0.1, 0.15) is 5.15 Å². The van der Waals surface area contributed by atoms with E-state index in [1.807, 2.05) is 18.2 Å². The van der Waals surface area contributed by atoms with Gasteiger partial charge in [-0.05, 0) is 18.2 Å². The molecule has 2 aromatic heterocycles. The van der Waals surface area contributed by atoms with E-state index in [1.54, 1.807) is 6.20 Å². The van der Waals surface area contributed by atoms with E-state index in [2.05, 4.69) is 15.3 Å². The molecule has 1 amide bonds. The minimum Gasteiger partial charge on any atom is -0.397 e. The molecule has 5 nitrogen and oxygen atoms in total. The second-order valence-corrected chi connectivity index (χ2v) is 4.29. The predicted octanol–water partition coefficient (Wildman–Crippen LogP) is 1.68. The first-order valence-electron chi connectivity index (χ1n) is 5.76. The van der Waals surface area contributed by atoms with E-state index in [0.717, 1.165) is 5.69 Å². The van der Waals surface area contributed by atoms with Gasteiger partial charge in [-0.3, -0.25) is 9.78 Å². The zero-order valence-electron chi connectivity index (χ0n) is 10.1. The minimum absolute atomic E-state index is 0.143. The van der Waals surface area contributed by atoms with Crippen molar-refractivity contribution < 1.29 is 4.79 Å². The molecule has 0 radical (unpaired) electrons. The molecular formula is C13H13ClN4O. The zero-order chi connectivity index (χ0) is 13.7. The molecule has 0 aliphatic heterocycles. The van der Waals surface area contributed by atoms with Crippen molar-refractivity contribution in [3.63, 3.8) is 0 Å². The van der Waals surface area contributed by atoms with E-state index in [1.165, 1.54) is 12.3 Å². The number of aromatic nitrogens is 2. The number of carbonyl (C=O) groups excluding carboxylic acids is 1. The topological polar surface area (TPSA) is 80.9 Å². The Morgan fingerprint density at radius 3 is 2.95 bits per heavy atom. The molecule has 0 saturated heterocycles. The number of hydrogen-bond acceptors (Lipinski definition) is 4. The van der Waals surface area contributed by atoms with Crippen molar-refractivity contribution in [2.75, 3.05) is 12.3 Å². The van der Waals surface area contributed by atoms with Gasteiger partial charge in [-0.25, -0.2) is 4.98 Å². The summed E-state index contributed by atoms with van der Waals surface area (Å²) in [6.45, 7) is 0.473. The maximum Gasteiger partial charge on any atom is 0.254 e. The normalized spacial score (nSPS) is 10.2. The molecule has 0 fully saturated rings. The molecule has 2 rings (SSSR count). The molecule has 0 aliphatic rings. The van der Waals surface area contributed by atoms with Crippen LogP contribution in [0.25, 0.3) is 0 Å². The van der Waals surface area contributed by atoms with Gasteiger partial charge in [0.15, 0.2) is 0 Å². The molecule has 6 heteroatoms. The minimum atomic E-state index is -0.291. The van der Waals surface area contributed by atoms with Crippen LogP contribution in [0.4, 0.5) is 5.69 Å². The van der Waals surface area contributed by atoms with Gasteiger partial charge in [0.05, 0.1) is 17.4 Å². The lowest BCUT2D eigenvalue weighted by Crippen LogP contribution is -2.26. The maximum atomic E-state index is 11.9. The van der Waals surface area contributed by atoms with Crippen LogP contribution >= 0.6 is 11.6 Å². The van der Waals surface area contributed by atoms with Crippen LogP contribution in [0.5, 0.6) is 0 Å². The average molecular weight is 277 g/mol. The summed E-state index contributed by atoms with van der Waals surface area (Å²) in [7, 11) is 0. The summed E-state index contributed by atoms with van der Waals surface area (Å²) in [6, 6.07) is 7.16. The number of rotatable bonds is 4. The highest BCUT2D eigenvalue weighted by Crippen LogP contribution is 2.15. The van der Waals surface area contributed by atoms with Crippen molar-refractivity contribution in [3.8, 4) is 0 Å². The first kappa shape index (κ1) is 13.3. The number of nitrogen functional groups attached to an aromatic ring is 1. The highest BCUT2D eigenvalue weighted by Gasteiger charge is 2.11. The van der Waals surface area contributed by atoms with Gasteiger partial charge in [-0.2, -0.15) is 0 Å². The van der Waals surface area contributed by atoms with Crippen LogP contribution in [0.1, 0.15) is 16.1 Å². The third kappa shape index (κ3) is 3.66. The molecular weight excluding hydrogens is 264 g/mol. The Kier molecular flexibility index (Phi) is 4.30. The Morgan fingerprint density at radius 1 is 1.37 bits per heavy atom. The Bertz CT molecular complexity index is 574. The molecule has 0 saturated carbocycles. The lowest BCUT2D eigenvalue weighted by atomic mass is 10.2. The summed E-state index contributed by atoms with van der Waals surface area (Å²) >= 11 is 5.85. The Morgan fingerprint density at radius 2 is 2.21 bits per heavy atom. The summed E-state index contributed by atoms with van der Waals surface area (Å²) < 4.78 is 0. The van der Waals surface area contributed by atoms with Crippen molar-refractivity contribution >= 4 is 23.2 Å². The van der Waals surface area contributed by atoms with Crippen LogP contribution in [0.2, 0.25) is 5.15 Å². The molecule has 3 N–H and O–H groups in total. The summed E-state index contributed by atoms with van der Waals surface area (Å²) in [5, 5.41) is 2.90. The standard InChI is InChI=1S/C13H13ClN4O/c14-12-11(7-9(15)8-18-12)13(19)17-6-4-10-3-1-2-5-16-10/h1-3,5,7-8H,4,6,15H2,(H,17,19). The summed E-state index contributed by atoms with van der Waals surface area (Å²) in [6.07, 6.45) is 3.78. The number of halogens is 1. The summed E-state index contributed by atoms with van der Waals surface area (Å²) in [4.78, 5) is 19.9. The van der Waals surface area contributed by atoms with Crippen molar-refractivity contribution in [3.05, 3.63) is 53.1 Å². The number of nitrogens with one attached hydrogen (secondary N) is 1. The summed E-state index contributed by atoms with van der Waals surface area (Å²) in [5.74, 6) is -0.291. The molecule has 2 aromatic rings. The Labute approximate surface area is 115 Å². The van der Waals surface area contributed by atoms with E-state index < -0.39 is 0 Å². The molecule has 0 atom stereocenters. The molecule has 0 spiro atoms. The molecule has 0 bridgehead atoms. The monoisotopic (exact) mass is 276 g/mol. The number of pyridine rings is 2. The van der Waals surface area contributed by atoms with Crippen LogP contribution in [-0.4, -0.2) is 22.4 Å². The third-order valence-corrected chi connectivity index (χ3v) is 2.80. The second kappa shape index (κ2) is 6.15. The quantitative estimate of drug-likeness (QED) is 0.833. The zero-order valence-corrected chi connectivity index (χ0v) is 10.9. The van der Waals surface area contributed by atoms with Crippen LogP contribution in [0.3, 0.4) is 0 Å². The van der Waals surface area contributed by atoms with Crippen molar-refractivity contribution in [1.82, 2.24) is 15.3 Å². The summed E-state index contributed by atoms with van der Waals surface area (Å²) in [5.41, 5.74) is 7.17. The number of nitrogens with two attached hydrogens (primary N) is 1. The van der Waals surface area contributed by atoms with Crippen molar-refractivity contribution in [1.29, 1.82) is 0 Å². The predicted molar refractivity (Wildman–Crippen MR) is 73.9 cm³/mol.